The number of likely N-dealkylation sites (N-methyl/N-ethyl adjacent to an activating group) is 1. The number of ether oxygens (including phenoxy) is 1. The van der Waals surface area contributed by atoms with E-state index in [4.69, 9.17) is 10.5 Å². The number of nitrogens with zero attached hydrogens (tertiary/aromatic N) is 1. The van der Waals surface area contributed by atoms with Crippen molar-refractivity contribution in [3.8, 4) is 0 Å². The van der Waals surface area contributed by atoms with Crippen LogP contribution in [-0.2, 0) is 21.2 Å². The van der Waals surface area contributed by atoms with Crippen molar-refractivity contribution in [2.75, 3.05) is 19.4 Å². The molecule has 1 aromatic rings. The molecule has 0 spiro atoms. The minimum atomic E-state index is -3.53. The molecule has 0 radical (unpaired) electrons. The number of hydrogen-bond donors (Lipinski definition) is 1. The fraction of sp³-hybridized carbons (Fsp3) is 0.571. The third-order valence-electron chi connectivity index (χ3n) is 3.98. The number of rotatable bonds is 4. The molecule has 0 saturated carbocycles. The van der Waals surface area contributed by atoms with E-state index in [-0.39, 0.29) is 17.0 Å². The van der Waals surface area contributed by atoms with Crippen LogP contribution in [0.25, 0.3) is 0 Å². The summed E-state index contributed by atoms with van der Waals surface area (Å²) in [5.74, 6) is 0. The number of nitrogen functional groups attached to an aromatic ring is 1. The Balaban J connectivity index is 2.32. The molecule has 0 aromatic heterocycles. The summed E-state index contributed by atoms with van der Waals surface area (Å²) < 4.78 is 32.1. The van der Waals surface area contributed by atoms with Crippen LogP contribution >= 0.6 is 0 Å². The SMILES string of the molecule is CCc1ccc(S(=O)(=O)N(C)C2CCOC2C)cc1N. The van der Waals surface area contributed by atoms with Crippen LogP contribution < -0.4 is 5.73 Å². The van der Waals surface area contributed by atoms with E-state index in [0.29, 0.717) is 12.3 Å². The second-order valence-electron chi connectivity index (χ2n) is 5.17. The summed E-state index contributed by atoms with van der Waals surface area (Å²) in [5, 5.41) is 0. The molecule has 2 N–H and O–H groups in total. The Bertz CT molecular complexity index is 586. The van der Waals surface area contributed by atoms with Crippen LogP contribution in [-0.4, -0.2) is 38.5 Å². The van der Waals surface area contributed by atoms with E-state index in [9.17, 15) is 8.42 Å². The van der Waals surface area contributed by atoms with Crippen LogP contribution in [0.2, 0.25) is 0 Å². The smallest absolute Gasteiger partial charge is 0.243 e. The van der Waals surface area contributed by atoms with Gasteiger partial charge in [0, 0.05) is 19.3 Å². The topological polar surface area (TPSA) is 72.6 Å². The molecule has 2 unspecified atom stereocenters. The van der Waals surface area contributed by atoms with Gasteiger partial charge < -0.3 is 10.5 Å². The zero-order valence-corrected chi connectivity index (χ0v) is 13.0. The predicted octanol–water partition coefficient (Wildman–Crippen LogP) is 1.63. The van der Waals surface area contributed by atoms with Crippen molar-refractivity contribution in [2.45, 2.75) is 43.7 Å². The highest BCUT2D eigenvalue weighted by atomic mass is 32.2. The molecule has 1 aromatic carbocycles. The molecule has 2 atom stereocenters. The van der Waals surface area contributed by atoms with Gasteiger partial charge in [0.25, 0.3) is 0 Å². The molecule has 112 valence electrons. The van der Waals surface area contributed by atoms with E-state index in [0.717, 1.165) is 18.4 Å². The van der Waals surface area contributed by atoms with Gasteiger partial charge in [-0.1, -0.05) is 13.0 Å². The van der Waals surface area contributed by atoms with Crippen molar-refractivity contribution in [1.29, 1.82) is 0 Å². The number of hydrogen-bond acceptors (Lipinski definition) is 4. The molecular formula is C14H22N2O3S. The van der Waals surface area contributed by atoms with Crippen LogP contribution in [0.1, 0.15) is 25.8 Å². The molecule has 20 heavy (non-hydrogen) atoms. The highest BCUT2D eigenvalue weighted by molar-refractivity contribution is 7.89. The molecule has 1 aliphatic rings. The minimum absolute atomic E-state index is 0.0814. The molecule has 2 rings (SSSR count). The summed E-state index contributed by atoms with van der Waals surface area (Å²) in [7, 11) is -1.92. The number of sulfonamides is 1. The van der Waals surface area contributed by atoms with E-state index in [1.165, 1.54) is 4.31 Å². The lowest BCUT2D eigenvalue weighted by Crippen LogP contribution is -2.40. The third kappa shape index (κ3) is 2.68. The molecule has 0 aliphatic carbocycles. The maximum Gasteiger partial charge on any atom is 0.243 e. The van der Waals surface area contributed by atoms with Gasteiger partial charge in [-0.3, -0.25) is 0 Å². The maximum absolute atomic E-state index is 12.6. The number of aryl methyl sites for hydroxylation is 1. The molecule has 1 fully saturated rings. The van der Waals surface area contributed by atoms with Gasteiger partial charge in [0.2, 0.25) is 10.0 Å². The van der Waals surface area contributed by atoms with E-state index >= 15 is 0 Å². The standard InChI is InChI=1S/C14H22N2O3S/c1-4-11-5-6-12(9-13(11)15)20(17,18)16(3)14-7-8-19-10(14)2/h5-6,9-10,14H,4,7-8,15H2,1-3H3. The van der Waals surface area contributed by atoms with Crippen molar-refractivity contribution >= 4 is 15.7 Å². The van der Waals surface area contributed by atoms with Crippen LogP contribution in [0.15, 0.2) is 23.1 Å². The molecule has 0 bridgehead atoms. The largest absolute Gasteiger partial charge is 0.398 e. The van der Waals surface area contributed by atoms with E-state index in [2.05, 4.69) is 0 Å². The van der Waals surface area contributed by atoms with E-state index < -0.39 is 10.0 Å². The minimum Gasteiger partial charge on any atom is -0.398 e. The van der Waals surface area contributed by atoms with E-state index in [1.807, 2.05) is 13.8 Å². The number of anilines is 1. The van der Waals surface area contributed by atoms with Crippen molar-refractivity contribution in [3.05, 3.63) is 23.8 Å². The first-order valence-corrected chi connectivity index (χ1v) is 8.30. The Kier molecular flexibility index (Phi) is 4.36. The summed E-state index contributed by atoms with van der Waals surface area (Å²) in [5.41, 5.74) is 7.39. The van der Waals surface area contributed by atoms with Crippen molar-refractivity contribution in [1.82, 2.24) is 4.31 Å². The molecule has 0 amide bonds. The highest BCUT2D eigenvalue weighted by Crippen LogP contribution is 2.26. The summed E-state index contributed by atoms with van der Waals surface area (Å²) in [4.78, 5) is 0.244. The highest BCUT2D eigenvalue weighted by Gasteiger charge is 2.35. The normalized spacial score (nSPS) is 23.4. The third-order valence-corrected chi connectivity index (χ3v) is 5.86. The molecule has 1 saturated heterocycles. The van der Waals surface area contributed by atoms with Gasteiger partial charge in [-0.05, 0) is 37.5 Å². The van der Waals surface area contributed by atoms with Gasteiger partial charge in [0.1, 0.15) is 0 Å². The Morgan fingerprint density at radius 2 is 2.15 bits per heavy atom. The molecule has 5 nitrogen and oxygen atoms in total. The predicted molar refractivity (Wildman–Crippen MR) is 79.0 cm³/mol. The van der Waals surface area contributed by atoms with Crippen LogP contribution in [0.3, 0.4) is 0 Å². The Labute approximate surface area is 120 Å². The Morgan fingerprint density at radius 1 is 1.45 bits per heavy atom. The van der Waals surface area contributed by atoms with Gasteiger partial charge in [0.15, 0.2) is 0 Å². The van der Waals surface area contributed by atoms with E-state index in [1.54, 1.807) is 25.2 Å². The first-order valence-electron chi connectivity index (χ1n) is 6.86. The Morgan fingerprint density at radius 3 is 2.65 bits per heavy atom. The fourth-order valence-corrected chi connectivity index (χ4v) is 4.08. The molecule has 6 heteroatoms. The molecule has 1 aliphatic heterocycles. The number of nitrogens with two attached hydrogens (primary N) is 1. The van der Waals surface area contributed by atoms with Gasteiger partial charge in [-0.25, -0.2) is 8.42 Å². The molecule has 1 heterocycles. The zero-order valence-electron chi connectivity index (χ0n) is 12.2. The van der Waals surface area contributed by atoms with Gasteiger partial charge in [0.05, 0.1) is 17.0 Å². The monoisotopic (exact) mass is 298 g/mol. The first-order chi connectivity index (χ1) is 9.37. The lowest BCUT2D eigenvalue weighted by Gasteiger charge is -2.26. The van der Waals surface area contributed by atoms with Crippen molar-refractivity contribution in [3.63, 3.8) is 0 Å². The van der Waals surface area contributed by atoms with Crippen molar-refractivity contribution in [2.24, 2.45) is 0 Å². The van der Waals surface area contributed by atoms with Crippen LogP contribution in [0.4, 0.5) is 5.69 Å². The maximum atomic E-state index is 12.6. The summed E-state index contributed by atoms with van der Waals surface area (Å²) in [6, 6.07) is 4.84. The summed E-state index contributed by atoms with van der Waals surface area (Å²) in [6.45, 7) is 4.49. The zero-order chi connectivity index (χ0) is 14.9. The quantitative estimate of drug-likeness (QED) is 0.858. The number of benzene rings is 1. The second-order valence-corrected chi connectivity index (χ2v) is 7.16. The average Bonchev–Trinajstić information content (AvgIpc) is 2.83. The van der Waals surface area contributed by atoms with Gasteiger partial charge in [-0.15, -0.1) is 0 Å². The lowest BCUT2D eigenvalue weighted by molar-refractivity contribution is 0.102. The summed E-state index contributed by atoms with van der Waals surface area (Å²) >= 11 is 0. The van der Waals surface area contributed by atoms with Crippen LogP contribution in [0.5, 0.6) is 0 Å². The van der Waals surface area contributed by atoms with Gasteiger partial charge >= 0.3 is 0 Å². The first kappa shape index (κ1) is 15.3. The van der Waals surface area contributed by atoms with Crippen LogP contribution in [0, 0.1) is 0 Å². The summed E-state index contributed by atoms with van der Waals surface area (Å²) in [6.07, 6.45) is 1.43. The molecular weight excluding hydrogens is 276 g/mol. The average molecular weight is 298 g/mol. The van der Waals surface area contributed by atoms with Crippen molar-refractivity contribution < 1.29 is 13.2 Å². The second kappa shape index (κ2) is 5.71. The lowest BCUT2D eigenvalue weighted by atomic mass is 10.1. The fourth-order valence-electron chi connectivity index (χ4n) is 2.60. The van der Waals surface area contributed by atoms with Gasteiger partial charge in [-0.2, -0.15) is 4.31 Å². The Hall–Kier alpha value is -1.11.